The molecule has 0 aromatic heterocycles. The minimum absolute atomic E-state index is 0.134. The molecule has 78 valence electrons. The lowest BCUT2D eigenvalue weighted by Crippen LogP contribution is -2.29. The second kappa shape index (κ2) is 5.61. The largest absolute Gasteiger partial charge is 0.392 e. The van der Waals surface area contributed by atoms with Crippen molar-refractivity contribution in [2.24, 2.45) is 5.92 Å². The van der Waals surface area contributed by atoms with E-state index in [1.54, 1.807) is 0 Å². The molecule has 1 rings (SSSR count). The standard InChI is InChI=1S/C11H23NO/c1-3-9(4-2)7-11(13)8-12-10-5-6-10/h9-13H,3-8H2,1-2H3. The number of hydrogen-bond acceptors (Lipinski definition) is 2. The van der Waals surface area contributed by atoms with Crippen molar-refractivity contribution in [3.63, 3.8) is 0 Å². The number of aliphatic hydroxyl groups is 1. The van der Waals surface area contributed by atoms with Crippen LogP contribution in [0.3, 0.4) is 0 Å². The quantitative estimate of drug-likeness (QED) is 0.635. The Morgan fingerprint density at radius 3 is 2.38 bits per heavy atom. The van der Waals surface area contributed by atoms with Crippen molar-refractivity contribution in [2.75, 3.05) is 6.54 Å². The predicted octanol–water partition coefficient (Wildman–Crippen LogP) is 1.93. The molecule has 1 fully saturated rings. The fourth-order valence-electron chi connectivity index (χ4n) is 1.68. The first-order valence-corrected chi connectivity index (χ1v) is 5.67. The van der Waals surface area contributed by atoms with Gasteiger partial charge in [-0.2, -0.15) is 0 Å². The van der Waals surface area contributed by atoms with Gasteiger partial charge < -0.3 is 10.4 Å². The fraction of sp³-hybridized carbons (Fsp3) is 1.00. The van der Waals surface area contributed by atoms with E-state index in [0.29, 0.717) is 5.92 Å². The van der Waals surface area contributed by atoms with Crippen LogP contribution in [0.15, 0.2) is 0 Å². The van der Waals surface area contributed by atoms with Gasteiger partial charge in [-0.25, -0.2) is 0 Å². The van der Waals surface area contributed by atoms with Gasteiger partial charge in [0.25, 0.3) is 0 Å². The lowest BCUT2D eigenvalue weighted by atomic mass is 9.96. The van der Waals surface area contributed by atoms with E-state index in [1.807, 2.05) is 0 Å². The third-order valence-corrected chi connectivity index (χ3v) is 2.98. The zero-order valence-electron chi connectivity index (χ0n) is 8.92. The normalized spacial score (nSPS) is 19.4. The van der Waals surface area contributed by atoms with E-state index in [1.165, 1.54) is 25.7 Å². The predicted molar refractivity (Wildman–Crippen MR) is 55.7 cm³/mol. The van der Waals surface area contributed by atoms with Crippen LogP contribution >= 0.6 is 0 Å². The first-order valence-electron chi connectivity index (χ1n) is 5.67. The van der Waals surface area contributed by atoms with Gasteiger partial charge in [0.2, 0.25) is 0 Å². The zero-order valence-corrected chi connectivity index (χ0v) is 8.92. The maximum atomic E-state index is 9.70. The molecule has 0 aromatic rings. The van der Waals surface area contributed by atoms with E-state index in [4.69, 9.17) is 0 Å². The molecule has 0 spiro atoms. The highest BCUT2D eigenvalue weighted by atomic mass is 16.3. The molecule has 0 bridgehead atoms. The molecule has 0 radical (unpaired) electrons. The molecule has 0 amide bonds. The molecule has 2 heteroatoms. The first-order chi connectivity index (χ1) is 6.26. The van der Waals surface area contributed by atoms with Crippen LogP contribution in [0, 0.1) is 5.92 Å². The van der Waals surface area contributed by atoms with E-state index >= 15 is 0 Å². The summed E-state index contributed by atoms with van der Waals surface area (Å²) in [6.07, 6.45) is 5.82. The van der Waals surface area contributed by atoms with Crippen LogP contribution in [-0.2, 0) is 0 Å². The lowest BCUT2D eigenvalue weighted by Gasteiger charge is -2.17. The molecule has 2 nitrogen and oxygen atoms in total. The van der Waals surface area contributed by atoms with Gasteiger partial charge in [-0.05, 0) is 25.2 Å². The van der Waals surface area contributed by atoms with Crippen molar-refractivity contribution in [3.8, 4) is 0 Å². The Bertz CT molecular complexity index is 130. The number of aliphatic hydroxyl groups excluding tert-OH is 1. The topological polar surface area (TPSA) is 32.3 Å². The van der Waals surface area contributed by atoms with Crippen LogP contribution in [0.25, 0.3) is 0 Å². The first kappa shape index (κ1) is 11.0. The second-order valence-electron chi connectivity index (χ2n) is 4.25. The Hall–Kier alpha value is -0.0800. The highest BCUT2D eigenvalue weighted by Gasteiger charge is 2.21. The number of nitrogens with one attached hydrogen (secondary N) is 1. The molecule has 0 aromatic carbocycles. The fourth-order valence-corrected chi connectivity index (χ4v) is 1.68. The molecule has 0 saturated heterocycles. The van der Waals surface area contributed by atoms with Gasteiger partial charge in [0.1, 0.15) is 0 Å². The summed E-state index contributed by atoms with van der Waals surface area (Å²) < 4.78 is 0. The summed E-state index contributed by atoms with van der Waals surface area (Å²) in [5.74, 6) is 0.705. The van der Waals surface area contributed by atoms with Crippen molar-refractivity contribution in [1.29, 1.82) is 0 Å². The molecular weight excluding hydrogens is 162 g/mol. The third-order valence-electron chi connectivity index (χ3n) is 2.98. The molecule has 1 atom stereocenters. The molecular formula is C11H23NO. The summed E-state index contributed by atoms with van der Waals surface area (Å²) in [7, 11) is 0. The molecule has 1 unspecified atom stereocenters. The van der Waals surface area contributed by atoms with Gasteiger partial charge in [0.05, 0.1) is 6.10 Å². The third kappa shape index (κ3) is 4.63. The lowest BCUT2D eigenvalue weighted by molar-refractivity contribution is 0.137. The smallest absolute Gasteiger partial charge is 0.0667 e. The van der Waals surface area contributed by atoms with E-state index < -0.39 is 0 Å². The van der Waals surface area contributed by atoms with Gasteiger partial charge in [0.15, 0.2) is 0 Å². The summed E-state index contributed by atoms with van der Waals surface area (Å²) in [6.45, 7) is 5.20. The Balaban J connectivity index is 2.03. The average molecular weight is 185 g/mol. The molecule has 0 heterocycles. The van der Waals surface area contributed by atoms with Gasteiger partial charge in [-0.3, -0.25) is 0 Å². The Labute approximate surface area is 81.7 Å². The van der Waals surface area contributed by atoms with Crippen LogP contribution < -0.4 is 5.32 Å². The van der Waals surface area contributed by atoms with Crippen molar-refractivity contribution in [3.05, 3.63) is 0 Å². The van der Waals surface area contributed by atoms with Gasteiger partial charge in [0, 0.05) is 12.6 Å². The molecule has 13 heavy (non-hydrogen) atoms. The molecule has 0 aliphatic heterocycles. The molecule has 1 aliphatic carbocycles. The Morgan fingerprint density at radius 1 is 1.31 bits per heavy atom. The summed E-state index contributed by atoms with van der Waals surface area (Å²) in [4.78, 5) is 0. The number of rotatable bonds is 7. The van der Waals surface area contributed by atoms with E-state index in [9.17, 15) is 5.11 Å². The van der Waals surface area contributed by atoms with Crippen molar-refractivity contribution in [2.45, 2.75) is 58.1 Å². The van der Waals surface area contributed by atoms with Crippen LogP contribution in [0.5, 0.6) is 0 Å². The maximum Gasteiger partial charge on any atom is 0.0667 e. The second-order valence-corrected chi connectivity index (χ2v) is 4.25. The van der Waals surface area contributed by atoms with Crippen LogP contribution in [-0.4, -0.2) is 23.8 Å². The Morgan fingerprint density at radius 2 is 1.92 bits per heavy atom. The van der Waals surface area contributed by atoms with Crippen molar-refractivity contribution in [1.82, 2.24) is 5.32 Å². The average Bonchev–Trinajstić information content (AvgIpc) is 2.94. The van der Waals surface area contributed by atoms with Crippen LogP contribution in [0.4, 0.5) is 0 Å². The number of hydrogen-bond donors (Lipinski definition) is 2. The van der Waals surface area contributed by atoms with Crippen molar-refractivity contribution < 1.29 is 5.11 Å². The summed E-state index contributed by atoms with van der Waals surface area (Å²) in [5, 5.41) is 13.1. The molecule has 1 saturated carbocycles. The minimum Gasteiger partial charge on any atom is -0.392 e. The van der Waals surface area contributed by atoms with Gasteiger partial charge in [-0.1, -0.05) is 26.7 Å². The Kier molecular flexibility index (Phi) is 4.74. The van der Waals surface area contributed by atoms with Crippen LogP contribution in [0.2, 0.25) is 0 Å². The monoisotopic (exact) mass is 185 g/mol. The van der Waals surface area contributed by atoms with E-state index in [-0.39, 0.29) is 6.10 Å². The molecule has 2 N–H and O–H groups in total. The van der Waals surface area contributed by atoms with Crippen LogP contribution in [0.1, 0.15) is 46.0 Å². The van der Waals surface area contributed by atoms with Gasteiger partial charge in [-0.15, -0.1) is 0 Å². The summed E-state index contributed by atoms with van der Waals surface area (Å²) in [5.41, 5.74) is 0. The molecule has 1 aliphatic rings. The summed E-state index contributed by atoms with van der Waals surface area (Å²) in [6, 6.07) is 0.719. The highest BCUT2D eigenvalue weighted by molar-refractivity contribution is 4.82. The van der Waals surface area contributed by atoms with E-state index in [0.717, 1.165) is 19.0 Å². The van der Waals surface area contributed by atoms with Crippen molar-refractivity contribution >= 4 is 0 Å². The van der Waals surface area contributed by atoms with Gasteiger partial charge >= 0.3 is 0 Å². The highest BCUT2D eigenvalue weighted by Crippen LogP contribution is 2.19. The minimum atomic E-state index is -0.134. The summed E-state index contributed by atoms with van der Waals surface area (Å²) >= 11 is 0. The SMILES string of the molecule is CCC(CC)CC(O)CNC1CC1. The maximum absolute atomic E-state index is 9.70. The van der Waals surface area contributed by atoms with E-state index in [2.05, 4.69) is 19.2 Å². The zero-order chi connectivity index (χ0) is 9.68.